The van der Waals surface area contributed by atoms with Crippen molar-refractivity contribution in [2.75, 3.05) is 0 Å². The van der Waals surface area contributed by atoms with Crippen LogP contribution in [0.5, 0.6) is 0 Å². The molecule has 1 rings (SSSR count). The second kappa shape index (κ2) is 3.84. The van der Waals surface area contributed by atoms with Crippen molar-refractivity contribution >= 4 is 51.6 Å². The molecule has 1 aromatic rings. The Hall–Kier alpha value is 0.0500. The first-order valence-electron chi connectivity index (χ1n) is 2.87. The van der Waals surface area contributed by atoms with Crippen LogP contribution in [0.1, 0.15) is 10.4 Å². The second-order valence-electron chi connectivity index (χ2n) is 1.99. The Bertz CT molecular complexity index is 334. The van der Waals surface area contributed by atoms with Crippen LogP contribution in [-0.2, 0) is 0 Å². The van der Waals surface area contributed by atoms with Gasteiger partial charge in [0.15, 0.2) is 0 Å². The van der Waals surface area contributed by atoms with Crippen LogP contribution in [0, 0.1) is 0 Å². The molecule has 0 fully saturated rings. The third-order valence-corrected chi connectivity index (χ3v) is 2.55. The smallest absolute Gasteiger partial charge is 0.255 e. The van der Waals surface area contributed by atoms with E-state index in [1.54, 1.807) is 0 Å². The Morgan fingerprint density at radius 1 is 1.08 bits per heavy atom. The van der Waals surface area contributed by atoms with Gasteiger partial charge in [-0.25, -0.2) is 0 Å². The van der Waals surface area contributed by atoms with Crippen LogP contribution < -0.4 is 0 Å². The SMILES string of the molecule is O=C(Cl)c1c(Cl)ccc(Cl)c1Cl. The number of benzene rings is 1. The lowest BCUT2D eigenvalue weighted by atomic mass is 10.2. The molecule has 0 heterocycles. The topological polar surface area (TPSA) is 17.1 Å². The van der Waals surface area contributed by atoms with Crippen LogP contribution in [0.2, 0.25) is 15.1 Å². The summed E-state index contributed by atoms with van der Waals surface area (Å²) in [5, 5.41) is -0.175. The molecule has 64 valence electrons. The average Bonchev–Trinajstić information content (AvgIpc) is 1.97. The predicted molar refractivity (Wildman–Crippen MR) is 51.7 cm³/mol. The molecule has 0 aromatic heterocycles. The van der Waals surface area contributed by atoms with Gasteiger partial charge in [-0.1, -0.05) is 34.8 Å². The summed E-state index contributed by atoms with van der Waals surface area (Å²) < 4.78 is 0. The molecule has 0 spiro atoms. The first-order chi connectivity index (χ1) is 5.54. The predicted octanol–water partition coefficient (Wildman–Crippen LogP) is 4.03. The molecule has 12 heavy (non-hydrogen) atoms. The van der Waals surface area contributed by atoms with E-state index in [0.717, 1.165) is 0 Å². The minimum atomic E-state index is -0.715. The van der Waals surface area contributed by atoms with E-state index < -0.39 is 5.24 Å². The second-order valence-corrected chi connectivity index (χ2v) is 3.53. The van der Waals surface area contributed by atoms with E-state index in [2.05, 4.69) is 0 Å². The zero-order valence-electron chi connectivity index (χ0n) is 5.57. The molecule has 0 atom stereocenters. The van der Waals surface area contributed by atoms with Crippen molar-refractivity contribution in [3.63, 3.8) is 0 Å². The maximum Gasteiger partial charge on any atom is 0.255 e. The lowest BCUT2D eigenvalue weighted by Crippen LogP contribution is -1.92. The molecule has 0 saturated heterocycles. The van der Waals surface area contributed by atoms with Crippen molar-refractivity contribution in [2.45, 2.75) is 0 Å². The van der Waals surface area contributed by atoms with Gasteiger partial charge < -0.3 is 0 Å². The molecular formula is C7H2Cl4O. The Kier molecular flexibility index (Phi) is 3.24. The van der Waals surface area contributed by atoms with Crippen molar-refractivity contribution in [3.05, 3.63) is 32.8 Å². The molecule has 0 radical (unpaired) electrons. The lowest BCUT2D eigenvalue weighted by Gasteiger charge is -2.02. The highest BCUT2D eigenvalue weighted by Crippen LogP contribution is 2.32. The summed E-state index contributed by atoms with van der Waals surface area (Å²) in [6, 6.07) is 2.96. The van der Waals surface area contributed by atoms with Crippen LogP contribution in [0.15, 0.2) is 12.1 Å². The molecule has 1 nitrogen and oxygen atoms in total. The van der Waals surface area contributed by atoms with E-state index in [9.17, 15) is 4.79 Å². The molecule has 0 saturated carbocycles. The van der Waals surface area contributed by atoms with Crippen LogP contribution in [0.3, 0.4) is 0 Å². The Morgan fingerprint density at radius 2 is 1.58 bits per heavy atom. The summed E-state index contributed by atoms with van der Waals surface area (Å²) in [7, 11) is 0. The van der Waals surface area contributed by atoms with Gasteiger partial charge >= 0.3 is 0 Å². The highest BCUT2D eigenvalue weighted by molar-refractivity contribution is 6.70. The van der Waals surface area contributed by atoms with Crippen molar-refractivity contribution in [1.29, 1.82) is 0 Å². The van der Waals surface area contributed by atoms with Crippen LogP contribution >= 0.6 is 46.4 Å². The highest BCUT2D eigenvalue weighted by Gasteiger charge is 2.14. The molecule has 0 aliphatic heterocycles. The number of hydrogen-bond donors (Lipinski definition) is 0. The summed E-state index contributed by atoms with van der Waals surface area (Å²) in [6.07, 6.45) is 0. The van der Waals surface area contributed by atoms with Crippen LogP contribution in [-0.4, -0.2) is 5.24 Å². The Labute approximate surface area is 89.2 Å². The van der Waals surface area contributed by atoms with Crippen molar-refractivity contribution in [2.24, 2.45) is 0 Å². The molecule has 5 heteroatoms. The fraction of sp³-hybridized carbons (Fsp3) is 0. The number of halogens is 4. The van der Waals surface area contributed by atoms with E-state index in [4.69, 9.17) is 46.4 Å². The summed E-state index contributed by atoms with van der Waals surface area (Å²) in [6.45, 7) is 0. The molecule has 0 aliphatic rings. The van der Waals surface area contributed by atoms with E-state index >= 15 is 0 Å². The molecule has 0 N–H and O–H groups in total. The highest BCUT2D eigenvalue weighted by atomic mass is 35.5. The third-order valence-electron chi connectivity index (χ3n) is 1.24. The van der Waals surface area contributed by atoms with Gasteiger partial charge in [-0.3, -0.25) is 4.79 Å². The van der Waals surface area contributed by atoms with Gasteiger partial charge in [0.1, 0.15) is 0 Å². The van der Waals surface area contributed by atoms with Gasteiger partial charge in [-0.15, -0.1) is 0 Å². The molecule has 0 amide bonds. The number of rotatable bonds is 1. The lowest BCUT2D eigenvalue weighted by molar-refractivity contribution is 0.108. The first kappa shape index (κ1) is 10.1. The molecular weight excluding hydrogens is 242 g/mol. The monoisotopic (exact) mass is 242 g/mol. The molecule has 1 aromatic carbocycles. The zero-order chi connectivity index (χ0) is 9.30. The normalized spacial score (nSPS) is 10.0. The number of carbonyl (C=O) groups excluding carboxylic acids is 1. The van der Waals surface area contributed by atoms with Gasteiger partial charge in [0.05, 0.1) is 20.6 Å². The fourth-order valence-corrected chi connectivity index (χ4v) is 1.70. The van der Waals surface area contributed by atoms with Gasteiger partial charge in [-0.2, -0.15) is 0 Å². The van der Waals surface area contributed by atoms with E-state index in [1.165, 1.54) is 12.1 Å². The summed E-state index contributed by atoms with van der Waals surface area (Å²) in [4.78, 5) is 10.8. The average molecular weight is 244 g/mol. The van der Waals surface area contributed by atoms with Gasteiger partial charge in [0.2, 0.25) is 0 Å². The van der Waals surface area contributed by atoms with Crippen LogP contribution in [0.25, 0.3) is 0 Å². The first-order valence-corrected chi connectivity index (χ1v) is 4.38. The number of carbonyl (C=O) groups is 1. The zero-order valence-corrected chi connectivity index (χ0v) is 8.60. The maximum atomic E-state index is 10.8. The minimum Gasteiger partial charge on any atom is -0.275 e. The molecule has 0 aliphatic carbocycles. The quantitative estimate of drug-likeness (QED) is 0.538. The van der Waals surface area contributed by atoms with Gasteiger partial charge in [-0.05, 0) is 23.7 Å². The van der Waals surface area contributed by atoms with Gasteiger partial charge in [0, 0.05) is 0 Å². The van der Waals surface area contributed by atoms with Crippen molar-refractivity contribution in [3.8, 4) is 0 Å². The molecule has 0 bridgehead atoms. The Balaban J connectivity index is 3.43. The van der Waals surface area contributed by atoms with E-state index in [1.807, 2.05) is 0 Å². The third kappa shape index (κ3) is 1.86. The van der Waals surface area contributed by atoms with E-state index in [0.29, 0.717) is 0 Å². The van der Waals surface area contributed by atoms with Crippen LogP contribution in [0.4, 0.5) is 0 Å². The van der Waals surface area contributed by atoms with Crippen molar-refractivity contribution in [1.82, 2.24) is 0 Å². The maximum absolute atomic E-state index is 10.8. The summed E-state index contributed by atoms with van der Waals surface area (Å²) in [5.41, 5.74) is 0.0486. The largest absolute Gasteiger partial charge is 0.275 e. The fourth-order valence-electron chi connectivity index (χ4n) is 0.707. The standard InChI is InChI=1S/C7H2Cl4O/c8-3-1-2-4(9)6(10)5(3)7(11)12/h1-2H. The summed E-state index contributed by atoms with van der Waals surface area (Å²) in [5.74, 6) is 0. The van der Waals surface area contributed by atoms with E-state index in [-0.39, 0.29) is 20.6 Å². The van der Waals surface area contributed by atoms with Gasteiger partial charge in [0.25, 0.3) is 5.24 Å². The Morgan fingerprint density at radius 3 is 2.00 bits per heavy atom. The van der Waals surface area contributed by atoms with Crippen molar-refractivity contribution < 1.29 is 4.79 Å². The summed E-state index contributed by atoms with van der Waals surface area (Å²) >= 11 is 22.2. The number of hydrogen-bond acceptors (Lipinski definition) is 1. The molecule has 0 unspecified atom stereocenters. The minimum absolute atomic E-state index is 0.0486.